The minimum atomic E-state index is -0.173. The molecule has 26 heavy (non-hydrogen) atoms. The van der Waals surface area contributed by atoms with Crippen molar-refractivity contribution < 1.29 is 9.53 Å². The molecule has 0 saturated heterocycles. The Kier molecular flexibility index (Phi) is 6.33. The van der Waals surface area contributed by atoms with Crippen molar-refractivity contribution >= 4 is 39.8 Å². The Morgan fingerprint density at radius 2 is 2.04 bits per heavy atom. The van der Waals surface area contributed by atoms with Crippen LogP contribution in [0.1, 0.15) is 16.0 Å². The van der Waals surface area contributed by atoms with Crippen LogP contribution in [0.5, 0.6) is 0 Å². The number of hydrogen-bond donors (Lipinski definition) is 1. The largest absolute Gasteiger partial charge is 0.384 e. The molecule has 0 aliphatic rings. The number of benzene rings is 1. The molecule has 6 heteroatoms. The minimum absolute atomic E-state index is 0.173. The highest BCUT2D eigenvalue weighted by Crippen LogP contribution is 2.25. The van der Waals surface area contributed by atoms with Crippen molar-refractivity contribution in [1.29, 1.82) is 0 Å². The lowest BCUT2D eigenvalue weighted by atomic mass is 10.1. The Hall–Kier alpha value is -2.28. The summed E-state index contributed by atoms with van der Waals surface area (Å²) in [5.74, 6) is -0.173. The Labute approximate surface area is 161 Å². The number of hydrogen-bond acceptors (Lipinski definition) is 5. The lowest BCUT2D eigenvalue weighted by molar-refractivity contribution is -0.111. The maximum Gasteiger partial charge on any atom is 0.250 e. The maximum atomic E-state index is 12.1. The number of rotatable bonds is 7. The molecule has 1 aromatic carbocycles. The number of nitrogens with zero attached hydrogens (tertiary/aromatic N) is 1. The van der Waals surface area contributed by atoms with E-state index in [-0.39, 0.29) is 5.91 Å². The van der Waals surface area contributed by atoms with Gasteiger partial charge >= 0.3 is 0 Å². The molecule has 0 saturated carbocycles. The van der Waals surface area contributed by atoms with Gasteiger partial charge in [-0.15, -0.1) is 22.7 Å². The van der Waals surface area contributed by atoms with Gasteiger partial charge in [0.25, 0.3) is 0 Å². The summed E-state index contributed by atoms with van der Waals surface area (Å²) in [4.78, 5) is 17.7. The van der Waals surface area contributed by atoms with Crippen molar-refractivity contribution in [3.63, 3.8) is 0 Å². The first-order valence-electron chi connectivity index (χ1n) is 8.22. The van der Waals surface area contributed by atoms with Crippen LogP contribution in [0.3, 0.4) is 0 Å². The van der Waals surface area contributed by atoms with Gasteiger partial charge in [-0.2, -0.15) is 0 Å². The molecular formula is C20H20N2O2S2. The standard InChI is InChI=1S/C20H20N2O2S2/c1-14-10-12-25-18(14)7-8-19(23)22-20-21-17(13-26-20)16-5-3-15(4-6-16)9-11-24-2/h3-8,10,12-13H,9,11H2,1-2H3,(H,21,22,23)/b8-7+. The molecule has 0 atom stereocenters. The minimum Gasteiger partial charge on any atom is -0.384 e. The van der Waals surface area contributed by atoms with Crippen molar-refractivity contribution in [2.75, 3.05) is 19.0 Å². The average Bonchev–Trinajstić information content (AvgIpc) is 3.27. The number of nitrogens with one attached hydrogen (secondary N) is 1. The Morgan fingerprint density at radius 1 is 1.23 bits per heavy atom. The summed E-state index contributed by atoms with van der Waals surface area (Å²) in [5, 5.41) is 7.39. The van der Waals surface area contributed by atoms with Gasteiger partial charge in [-0.05, 0) is 42.0 Å². The number of thiophene rings is 1. The molecular weight excluding hydrogens is 364 g/mol. The van der Waals surface area contributed by atoms with Gasteiger partial charge in [0, 0.05) is 29.0 Å². The van der Waals surface area contributed by atoms with Gasteiger partial charge in [-0.1, -0.05) is 24.3 Å². The Bertz CT molecular complexity index is 895. The second-order valence-corrected chi connectivity index (χ2v) is 7.57. The predicted octanol–water partition coefficient (Wildman–Crippen LogP) is 5.02. The summed E-state index contributed by atoms with van der Waals surface area (Å²) < 4.78 is 5.10. The number of amides is 1. The van der Waals surface area contributed by atoms with Crippen molar-refractivity contribution in [1.82, 2.24) is 4.98 Å². The van der Waals surface area contributed by atoms with Crippen LogP contribution < -0.4 is 5.32 Å². The fourth-order valence-corrected chi connectivity index (χ4v) is 3.92. The maximum absolute atomic E-state index is 12.1. The lowest BCUT2D eigenvalue weighted by Gasteiger charge is -2.02. The second kappa shape index (κ2) is 8.89. The van der Waals surface area contributed by atoms with Crippen LogP contribution in [0, 0.1) is 6.92 Å². The van der Waals surface area contributed by atoms with E-state index in [2.05, 4.69) is 22.4 Å². The fraction of sp³-hybridized carbons (Fsp3) is 0.200. The summed E-state index contributed by atoms with van der Waals surface area (Å²) >= 11 is 3.04. The van der Waals surface area contributed by atoms with E-state index < -0.39 is 0 Å². The first-order chi connectivity index (χ1) is 12.7. The molecule has 0 bridgehead atoms. The smallest absolute Gasteiger partial charge is 0.250 e. The van der Waals surface area contributed by atoms with Crippen LogP contribution in [0.15, 0.2) is 47.2 Å². The van der Waals surface area contributed by atoms with Gasteiger partial charge in [0.2, 0.25) is 5.91 Å². The van der Waals surface area contributed by atoms with Crippen molar-refractivity contribution in [2.24, 2.45) is 0 Å². The number of methoxy groups -OCH3 is 1. The molecule has 0 spiro atoms. The first kappa shape index (κ1) is 18.5. The van der Waals surface area contributed by atoms with E-state index in [9.17, 15) is 4.79 Å². The number of aromatic nitrogens is 1. The summed E-state index contributed by atoms with van der Waals surface area (Å²) in [6, 6.07) is 10.3. The van der Waals surface area contributed by atoms with Crippen LogP contribution in [0.4, 0.5) is 5.13 Å². The number of ether oxygens (including phenoxy) is 1. The number of anilines is 1. The molecule has 4 nitrogen and oxygen atoms in total. The van der Waals surface area contributed by atoms with Gasteiger partial charge in [-0.3, -0.25) is 10.1 Å². The number of carbonyl (C=O) groups is 1. The lowest BCUT2D eigenvalue weighted by Crippen LogP contribution is -2.07. The Morgan fingerprint density at radius 3 is 2.73 bits per heavy atom. The third-order valence-corrected chi connectivity index (χ3v) is 5.61. The van der Waals surface area contributed by atoms with Gasteiger partial charge in [0.1, 0.15) is 0 Å². The first-order valence-corrected chi connectivity index (χ1v) is 9.98. The van der Waals surface area contributed by atoms with E-state index in [0.29, 0.717) is 11.7 Å². The molecule has 0 fully saturated rings. The van der Waals surface area contributed by atoms with Crippen molar-refractivity contribution in [3.8, 4) is 11.3 Å². The molecule has 0 aliphatic carbocycles. The highest BCUT2D eigenvalue weighted by molar-refractivity contribution is 7.14. The summed E-state index contributed by atoms with van der Waals surface area (Å²) in [6.07, 6.45) is 4.28. The normalized spacial score (nSPS) is 11.2. The van der Waals surface area contributed by atoms with Crippen LogP contribution in [0.2, 0.25) is 0 Å². The van der Waals surface area contributed by atoms with Gasteiger partial charge < -0.3 is 4.74 Å². The summed E-state index contributed by atoms with van der Waals surface area (Å²) in [5.41, 5.74) is 4.30. The number of thiazole rings is 1. The van der Waals surface area contributed by atoms with Gasteiger partial charge in [0.05, 0.1) is 12.3 Å². The molecule has 3 rings (SSSR count). The topological polar surface area (TPSA) is 51.2 Å². The third-order valence-electron chi connectivity index (χ3n) is 3.87. The molecule has 1 N–H and O–H groups in total. The Balaban J connectivity index is 1.61. The molecule has 1 amide bonds. The molecule has 2 heterocycles. The molecule has 0 unspecified atom stereocenters. The van der Waals surface area contributed by atoms with E-state index in [1.54, 1.807) is 24.5 Å². The molecule has 134 valence electrons. The zero-order valence-corrected chi connectivity index (χ0v) is 16.3. The van der Waals surface area contributed by atoms with Crippen LogP contribution in [0.25, 0.3) is 17.3 Å². The summed E-state index contributed by atoms with van der Waals surface area (Å²) in [6.45, 7) is 2.74. The summed E-state index contributed by atoms with van der Waals surface area (Å²) in [7, 11) is 1.70. The van der Waals surface area contributed by atoms with E-state index in [1.165, 1.54) is 22.5 Å². The van der Waals surface area contributed by atoms with Crippen molar-refractivity contribution in [3.05, 3.63) is 63.2 Å². The molecule has 3 aromatic rings. The van der Waals surface area contributed by atoms with E-state index >= 15 is 0 Å². The molecule has 0 aliphatic heterocycles. The van der Waals surface area contributed by atoms with Crippen molar-refractivity contribution in [2.45, 2.75) is 13.3 Å². The number of aryl methyl sites for hydroxylation is 1. The van der Waals surface area contributed by atoms with E-state index in [1.807, 2.05) is 42.0 Å². The van der Waals surface area contributed by atoms with Gasteiger partial charge in [0.15, 0.2) is 5.13 Å². The predicted molar refractivity (Wildman–Crippen MR) is 110 cm³/mol. The van der Waals surface area contributed by atoms with Crippen LogP contribution >= 0.6 is 22.7 Å². The number of carbonyl (C=O) groups excluding carboxylic acids is 1. The highest BCUT2D eigenvalue weighted by atomic mass is 32.1. The van der Waals surface area contributed by atoms with E-state index in [0.717, 1.165) is 22.6 Å². The quantitative estimate of drug-likeness (QED) is 0.582. The van der Waals surface area contributed by atoms with Crippen LogP contribution in [-0.2, 0) is 16.0 Å². The highest BCUT2D eigenvalue weighted by Gasteiger charge is 2.07. The average molecular weight is 385 g/mol. The van der Waals surface area contributed by atoms with E-state index in [4.69, 9.17) is 4.74 Å². The molecule has 0 radical (unpaired) electrons. The zero-order valence-electron chi connectivity index (χ0n) is 14.7. The molecule has 2 aromatic heterocycles. The van der Waals surface area contributed by atoms with Gasteiger partial charge in [-0.25, -0.2) is 4.98 Å². The SMILES string of the molecule is COCCc1ccc(-c2csc(NC(=O)/C=C/c3sccc3C)n2)cc1. The second-order valence-electron chi connectivity index (χ2n) is 5.77. The zero-order chi connectivity index (χ0) is 18.4. The fourth-order valence-electron chi connectivity index (χ4n) is 2.38. The van der Waals surface area contributed by atoms with Crippen LogP contribution in [-0.4, -0.2) is 24.6 Å². The third kappa shape index (κ3) is 4.88. The monoisotopic (exact) mass is 384 g/mol.